The lowest BCUT2D eigenvalue weighted by molar-refractivity contribution is 0.287. The van der Waals surface area contributed by atoms with Crippen LogP contribution in [-0.4, -0.2) is 17.4 Å². The van der Waals surface area contributed by atoms with Crippen molar-refractivity contribution < 1.29 is 14.7 Å². The van der Waals surface area contributed by atoms with Crippen LogP contribution in [-0.2, 0) is 0 Å². The molecule has 0 aliphatic rings. The molecule has 0 fully saturated rings. The first kappa shape index (κ1) is 9.86. The van der Waals surface area contributed by atoms with Gasteiger partial charge in [0.25, 0.3) is 0 Å². The highest BCUT2D eigenvalue weighted by Crippen LogP contribution is 2.32. The molecule has 6 heteroatoms. The maximum atomic E-state index is 8.51. The zero-order valence-corrected chi connectivity index (χ0v) is 8.21. The maximum absolute atomic E-state index is 8.51. The smallest absolute Gasteiger partial charge is 0.510 e. The SMILES string of the molecule is OB(O)Oc1c(Cl)cccc1Br. The van der Waals surface area contributed by atoms with Crippen molar-refractivity contribution in [3.05, 3.63) is 27.7 Å². The van der Waals surface area contributed by atoms with Crippen molar-refractivity contribution in [2.24, 2.45) is 0 Å². The summed E-state index contributed by atoms with van der Waals surface area (Å²) in [5.41, 5.74) is 0. The van der Waals surface area contributed by atoms with Crippen molar-refractivity contribution in [2.75, 3.05) is 0 Å². The normalized spacial score (nSPS) is 9.67. The second-order valence-electron chi connectivity index (χ2n) is 1.99. The molecule has 64 valence electrons. The van der Waals surface area contributed by atoms with Crippen LogP contribution in [0.5, 0.6) is 5.75 Å². The largest absolute Gasteiger partial charge is 0.707 e. The quantitative estimate of drug-likeness (QED) is 0.782. The maximum Gasteiger partial charge on any atom is 0.707 e. The lowest BCUT2D eigenvalue weighted by Crippen LogP contribution is -2.20. The molecule has 12 heavy (non-hydrogen) atoms. The molecular formula is C6H5BBrClO3. The van der Waals surface area contributed by atoms with Crippen LogP contribution in [0.25, 0.3) is 0 Å². The summed E-state index contributed by atoms with van der Waals surface area (Å²) < 4.78 is 5.18. The van der Waals surface area contributed by atoms with E-state index in [0.717, 1.165) is 0 Å². The Morgan fingerprint density at radius 3 is 2.58 bits per heavy atom. The van der Waals surface area contributed by atoms with Gasteiger partial charge in [0.15, 0.2) is 0 Å². The number of para-hydroxylation sites is 1. The Labute approximate surface area is 83.2 Å². The van der Waals surface area contributed by atoms with E-state index in [1.807, 2.05) is 0 Å². The van der Waals surface area contributed by atoms with Crippen molar-refractivity contribution in [3.8, 4) is 5.75 Å². The molecule has 0 unspecified atom stereocenters. The minimum Gasteiger partial charge on any atom is -0.510 e. The molecule has 0 spiro atoms. The van der Waals surface area contributed by atoms with Crippen LogP contribution in [0.2, 0.25) is 5.02 Å². The second-order valence-corrected chi connectivity index (χ2v) is 3.26. The summed E-state index contributed by atoms with van der Waals surface area (Å²) in [7, 11) is -1.86. The van der Waals surface area contributed by atoms with E-state index in [9.17, 15) is 0 Å². The van der Waals surface area contributed by atoms with Gasteiger partial charge in [-0.3, -0.25) is 0 Å². The van der Waals surface area contributed by atoms with Gasteiger partial charge in [-0.15, -0.1) is 0 Å². The molecule has 1 aromatic carbocycles. The standard InChI is InChI=1S/C6H5BBrClO3/c8-4-2-1-3-5(9)6(4)12-7(10)11/h1-3,10-11H. The fourth-order valence-electron chi connectivity index (χ4n) is 0.701. The van der Waals surface area contributed by atoms with Gasteiger partial charge in [0, 0.05) is 0 Å². The molecule has 0 heterocycles. The molecule has 0 aliphatic heterocycles. The Hall–Kier alpha value is -0.225. The number of halogens is 2. The average Bonchev–Trinajstić information content (AvgIpc) is 1.97. The van der Waals surface area contributed by atoms with E-state index in [1.54, 1.807) is 18.2 Å². The molecule has 0 saturated heterocycles. The highest BCUT2D eigenvalue weighted by Gasteiger charge is 2.15. The molecule has 0 bridgehead atoms. The molecule has 0 amide bonds. The van der Waals surface area contributed by atoms with Crippen molar-refractivity contribution in [3.63, 3.8) is 0 Å². The minimum atomic E-state index is -1.86. The topological polar surface area (TPSA) is 49.7 Å². The first-order valence-corrected chi connectivity index (χ1v) is 4.25. The molecule has 2 N–H and O–H groups in total. The van der Waals surface area contributed by atoms with E-state index < -0.39 is 7.32 Å². The van der Waals surface area contributed by atoms with E-state index in [4.69, 9.17) is 21.6 Å². The summed E-state index contributed by atoms with van der Waals surface area (Å²) in [6.45, 7) is 0. The highest BCUT2D eigenvalue weighted by atomic mass is 79.9. The molecule has 1 aromatic rings. The zero-order valence-electron chi connectivity index (χ0n) is 5.87. The van der Waals surface area contributed by atoms with Crippen molar-refractivity contribution in [1.29, 1.82) is 0 Å². The predicted molar refractivity (Wildman–Crippen MR) is 50.0 cm³/mol. The van der Waals surface area contributed by atoms with E-state index in [1.165, 1.54) is 0 Å². The van der Waals surface area contributed by atoms with Crippen LogP contribution in [0, 0.1) is 0 Å². The third-order valence-electron chi connectivity index (χ3n) is 1.14. The van der Waals surface area contributed by atoms with Crippen LogP contribution < -0.4 is 4.65 Å². The second kappa shape index (κ2) is 4.14. The van der Waals surface area contributed by atoms with Crippen LogP contribution >= 0.6 is 27.5 Å². The van der Waals surface area contributed by atoms with Gasteiger partial charge in [-0.1, -0.05) is 17.7 Å². The molecule has 0 aromatic heterocycles. The lowest BCUT2D eigenvalue weighted by Gasteiger charge is -2.07. The van der Waals surface area contributed by atoms with Crippen LogP contribution in [0.1, 0.15) is 0 Å². The van der Waals surface area contributed by atoms with Gasteiger partial charge in [0.1, 0.15) is 5.75 Å². The van der Waals surface area contributed by atoms with E-state index >= 15 is 0 Å². The monoisotopic (exact) mass is 250 g/mol. The van der Waals surface area contributed by atoms with E-state index in [0.29, 0.717) is 9.50 Å². The van der Waals surface area contributed by atoms with Gasteiger partial charge < -0.3 is 14.7 Å². The average molecular weight is 251 g/mol. The molecule has 0 atom stereocenters. The summed E-state index contributed by atoms with van der Waals surface area (Å²) in [4.78, 5) is 0. The summed E-state index contributed by atoms with van der Waals surface area (Å²) in [6, 6.07) is 4.98. The first-order valence-electron chi connectivity index (χ1n) is 3.08. The van der Waals surface area contributed by atoms with E-state index in [-0.39, 0.29) is 5.75 Å². The number of benzene rings is 1. The van der Waals surface area contributed by atoms with Gasteiger partial charge in [-0.25, -0.2) is 0 Å². The lowest BCUT2D eigenvalue weighted by atomic mass is 10.2. The van der Waals surface area contributed by atoms with Gasteiger partial charge >= 0.3 is 7.32 Å². The van der Waals surface area contributed by atoms with Crippen molar-refractivity contribution in [1.82, 2.24) is 0 Å². The summed E-state index contributed by atoms with van der Waals surface area (Å²) in [5, 5.41) is 17.3. The van der Waals surface area contributed by atoms with Crippen molar-refractivity contribution in [2.45, 2.75) is 0 Å². The Bertz CT molecular complexity index is 261. The molecular weight excluding hydrogens is 246 g/mol. The van der Waals surface area contributed by atoms with Crippen LogP contribution in [0.4, 0.5) is 0 Å². The number of hydrogen-bond acceptors (Lipinski definition) is 3. The van der Waals surface area contributed by atoms with Crippen LogP contribution in [0.3, 0.4) is 0 Å². The van der Waals surface area contributed by atoms with Gasteiger partial charge in [-0.05, 0) is 28.1 Å². The van der Waals surface area contributed by atoms with Gasteiger partial charge in [0.2, 0.25) is 0 Å². The highest BCUT2D eigenvalue weighted by molar-refractivity contribution is 9.10. The summed E-state index contributed by atoms with van der Waals surface area (Å²) in [6.07, 6.45) is 0. The zero-order chi connectivity index (χ0) is 9.14. The predicted octanol–water partition coefficient (Wildman–Crippen LogP) is 1.45. The minimum absolute atomic E-state index is 0.217. The molecule has 0 aliphatic carbocycles. The molecule has 0 radical (unpaired) electrons. The fraction of sp³-hybridized carbons (Fsp3) is 0. The molecule has 3 nitrogen and oxygen atoms in total. The third-order valence-corrected chi connectivity index (χ3v) is 2.06. The fourth-order valence-corrected chi connectivity index (χ4v) is 1.49. The summed E-state index contributed by atoms with van der Waals surface area (Å²) >= 11 is 8.84. The summed E-state index contributed by atoms with van der Waals surface area (Å²) in [5.74, 6) is 0.217. The Morgan fingerprint density at radius 2 is 2.08 bits per heavy atom. The van der Waals surface area contributed by atoms with E-state index in [2.05, 4.69) is 20.6 Å². The van der Waals surface area contributed by atoms with Gasteiger partial charge in [0.05, 0.1) is 9.50 Å². The number of rotatable bonds is 2. The third kappa shape index (κ3) is 2.38. The van der Waals surface area contributed by atoms with Crippen LogP contribution in [0.15, 0.2) is 22.7 Å². The molecule has 0 saturated carbocycles. The Morgan fingerprint density at radius 1 is 1.42 bits per heavy atom. The van der Waals surface area contributed by atoms with Crippen molar-refractivity contribution >= 4 is 34.9 Å². The first-order chi connectivity index (χ1) is 5.61. The van der Waals surface area contributed by atoms with Gasteiger partial charge in [-0.2, -0.15) is 0 Å². The Kier molecular flexibility index (Phi) is 3.40. The number of hydrogen-bond donors (Lipinski definition) is 2. The molecule has 1 rings (SSSR count). The Balaban J connectivity index is 2.96.